The second kappa shape index (κ2) is 9.19. The molecule has 0 aliphatic heterocycles. The van der Waals surface area contributed by atoms with Crippen molar-refractivity contribution in [1.29, 1.82) is 0 Å². The summed E-state index contributed by atoms with van der Waals surface area (Å²) in [7, 11) is -3.49. The number of amides is 1. The van der Waals surface area contributed by atoms with Crippen LogP contribution >= 0.6 is 11.3 Å². The van der Waals surface area contributed by atoms with Crippen molar-refractivity contribution in [2.75, 3.05) is 24.8 Å². The second-order valence-electron chi connectivity index (χ2n) is 7.16. The molecule has 0 bridgehead atoms. The number of esters is 2. The number of carbonyl (C=O) groups is 3. The lowest BCUT2D eigenvalue weighted by Gasteiger charge is -2.10. The molecule has 1 aliphatic rings. The highest BCUT2D eigenvalue weighted by Crippen LogP contribution is 2.39. The van der Waals surface area contributed by atoms with Gasteiger partial charge in [-0.05, 0) is 56.4 Å². The lowest BCUT2D eigenvalue weighted by atomic mass is 10.1. The van der Waals surface area contributed by atoms with Crippen LogP contribution in [0.25, 0.3) is 0 Å². The highest BCUT2D eigenvalue weighted by Gasteiger charge is 2.28. The minimum absolute atomic E-state index is 0.0123. The Balaban J connectivity index is 1.70. The summed E-state index contributed by atoms with van der Waals surface area (Å²) >= 11 is 1.33. The summed E-state index contributed by atoms with van der Waals surface area (Å²) in [6.07, 6.45) is 3.58. The van der Waals surface area contributed by atoms with E-state index in [4.69, 9.17) is 9.47 Å². The van der Waals surface area contributed by atoms with Gasteiger partial charge < -0.3 is 14.8 Å². The first-order valence-corrected chi connectivity index (χ1v) is 12.4. The first kappa shape index (κ1) is 23.0. The normalized spacial score (nSPS) is 12.9. The molecule has 0 saturated heterocycles. The maximum Gasteiger partial charge on any atom is 0.341 e. The molecule has 1 aromatic heterocycles. The largest absolute Gasteiger partial charge is 0.462 e. The Bertz CT molecular complexity index is 1150. The number of thiophene rings is 1. The first-order chi connectivity index (χ1) is 14.6. The summed E-state index contributed by atoms with van der Waals surface area (Å²) in [6, 6.07) is 4.14. The minimum atomic E-state index is -3.49. The summed E-state index contributed by atoms with van der Waals surface area (Å²) in [5, 5.41) is 3.03. The van der Waals surface area contributed by atoms with Crippen LogP contribution in [0.2, 0.25) is 0 Å². The number of rotatable bonds is 7. The molecule has 0 spiro atoms. The van der Waals surface area contributed by atoms with Gasteiger partial charge in [-0.2, -0.15) is 0 Å². The van der Waals surface area contributed by atoms with Crippen molar-refractivity contribution in [3.8, 4) is 0 Å². The molecular formula is C21H23NO7S2. The molecule has 1 N–H and O–H groups in total. The molecule has 10 heteroatoms. The molecule has 0 radical (unpaired) electrons. The Kier molecular flexibility index (Phi) is 6.80. The van der Waals surface area contributed by atoms with E-state index in [2.05, 4.69) is 5.32 Å². The molecule has 1 amide bonds. The molecule has 8 nitrogen and oxygen atoms in total. The fraction of sp³-hybridized carbons (Fsp3) is 0.381. The predicted octanol–water partition coefficient (Wildman–Crippen LogP) is 2.92. The lowest BCUT2D eigenvalue weighted by Crippen LogP contribution is -2.22. The third-order valence-corrected chi connectivity index (χ3v) is 7.16. The quantitative estimate of drug-likeness (QED) is 0.625. The molecule has 166 valence electrons. The van der Waals surface area contributed by atoms with E-state index in [1.807, 2.05) is 0 Å². The van der Waals surface area contributed by atoms with Crippen LogP contribution in [0.15, 0.2) is 23.1 Å². The van der Waals surface area contributed by atoms with E-state index < -0.39 is 34.3 Å². The van der Waals surface area contributed by atoms with Gasteiger partial charge in [-0.15, -0.1) is 11.3 Å². The van der Waals surface area contributed by atoms with Crippen LogP contribution < -0.4 is 5.32 Å². The Labute approximate surface area is 184 Å². The average molecular weight is 466 g/mol. The zero-order chi connectivity index (χ0) is 22.8. The molecule has 0 saturated carbocycles. The van der Waals surface area contributed by atoms with Gasteiger partial charge in [0.25, 0.3) is 5.91 Å². The summed E-state index contributed by atoms with van der Waals surface area (Å²) in [5.74, 6) is -1.89. The van der Waals surface area contributed by atoms with E-state index in [9.17, 15) is 22.8 Å². The van der Waals surface area contributed by atoms with Crippen LogP contribution in [0.1, 0.15) is 50.1 Å². The van der Waals surface area contributed by atoms with Crippen molar-refractivity contribution < 1.29 is 32.3 Å². The number of fused-ring (bicyclic) bond motifs is 1. The lowest BCUT2D eigenvalue weighted by molar-refractivity contribution is -0.119. The monoisotopic (exact) mass is 465 g/mol. The highest BCUT2D eigenvalue weighted by atomic mass is 32.2. The Hall–Kier alpha value is -2.72. The van der Waals surface area contributed by atoms with Crippen molar-refractivity contribution >= 4 is 44.0 Å². The molecule has 0 fully saturated rings. The van der Waals surface area contributed by atoms with E-state index in [0.717, 1.165) is 36.0 Å². The molecule has 1 heterocycles. The standard InChI is InChI=1S/C21H23NO7S2/c1-4-28-21(25)18-14-6-5-7-16(14)30-19(18)22-17(23)11-29-20(24)15-10-13(31(3,26)27)9-8-12(15)2/h8-10H,4-7,11H2,1-3H3,(H,22,23). The summed E-state index contributed by atoms with van der Waals surface area (Å²) in [6.45, 7) is 3.00. The van der Waals surface area contributed by atoms with Gasteiger partial charge in [-0.1, -0.05) is 6.07 Å². The number of ether oxygens (including phenoxy) is 2. The van der Waals surface area contributed by atoms with Gasteiger partial charge >= 0.3 is 11.9 Å². The number of aryl methyl sites for hydroxylation is 2. The number of sulfone groups is 1. The smallest absolute Gasteiger partial charge is 0.341 e. The Morgan fingerprint density at radius 1 is 1.13 bits per heavy atom. The number of benzene rings is 1. The zero-order valence-corrected chi connectivity index (χ0v) is 19.1. The van der Waals surface area contributed by atoms with E-state index in [1.54, 1.807) is 13.8 Å². The fourth-order valence-electron chi connectivity index (χ4n) is 3.33. The van der Waals surface area contributed by atoms with Gasteiger partial charge in [0.1, 0.15) is 5.00 Å². The average Bonchev–Trinajstić information content (AvgIpc) is 3.26. The molecule has 2 aromatic rings. The molecular weight excluding hydrogens is 442 g/mol. The van der Waals surface area contributed by atoms with Crippen LogP contribution in [0, 0.1) is 6.92 Å². The number of nitrogens with one attached hydrogen (secondary N) is 1. The summed E-state index contributed by atoms with van der Waals surface area (Å²) in [4.78, 5) is 38.2. The SMILES string of the molecule is CCOC(=O)c1c(NC(=O)COC(=O)c2cc(S(C)(=O)=O)ccc2C)sc2c1CCC2. The van der Waals surface area contributed by atoms with Gasteiger partial charge in [0, 0.05) is 11.1 Å². The molecule has 3 rings (SSSR count). The maximum absolute atomic E-state index is 12.4. The maximum atomic E-state index is 12.4. The molecule has 0 atom stereocenters. The zero-order valence-electron chi connectivity index (χ0n) is 17.4. The first-order valence-electron chi connectivity index (χ1n) is 9.71. The topological polar surface area (TPSA) is 116 Å². The van der Waals surface area contributed by atoms with Crippen LogP contribution in [-0.2, 0) is 36.9 Å². The van der Waals surface area contributed by atoms with Crippen LogP contribution in [-0.4, -0.2) is 45.7 Å². The van der Waals surface area contributed by atoms with Crippen LogP contribution in [0.4, 0.5) is 5.00 Å². The minimum Gasteiger partial charge on any atom is -0.462 e. The van der Waals surface area contributed by atoms with Gasteiger partial charge in [0.05, 0.1) is 22.6 Å². The number of hydrogen-bond acceptors (Lipinski definition) is 8. The van der Waals surface area contributed by atoms with Crippen molar-refractivity contribution in [2.24, 2.45) is 0 Å². The van der Waals surface area contributed by atoms with Crippen molar-refractivity contribution in [2.45, 2.75) is 38.0 Å². The number of carbonyl (C=O) groups excluding carboxylic acids is 3. The fourth-order valence-corrected chi connectivity index (χ4v) is 5.28. The van der Waals surface area contributed by atoms with Crippen molar-refractivity contribution in [3.63, 3.8) is 0 Å². The third kappa shape index (κ3) is 5.13. The van der Waals surface area contributed by atoms with E-state index in [0.29, 0.717) is 16.1 Å². The highest BCUT2D eigenvalue weighted by molar-refractivity contribution is 7.90. The van der Waals surface area contributed by atoms with E-state index in [1.165, 1.54) is 29.5 Å². The van der Waals surface area contributed by atoms with Gasteiger partial charge in [0.15, 0.2) is 16.4 Å². The molecule has 1 aliphatic carbocycles. The second-order valence-corrected chi connectivity index (χ2v) is 10.3. The van der Waals surface area contributed by atoms with Crippen molar-refractivity contribution in [3.05, 3.63) is 45.3 Å². The predicted molar refractivity (Wildman–Crippen MR) is 116 cm³/mol. The summed E-state index contributed by atoms with van der Waals surface area (Å²) in [5.41, 5.74) is 1.87. The molecule has 1 aromatic carbocycles. The Morgan fingerprint density at radius 2 is 1.87 bits per heavy atom. The van der Waals surface area contributed by atoms with E-state index >= 15 is 0 Å². The van der Waals surface area contributed by atoms with Gasteiger partial charge in [0.2, 0.25) is 0 Å². The Morgan fingerprint density at radius 3 is 2.55 bits per heavy atom. The third-order valence-electron chi connectivity index (χ3n) is 4.85. The van der Waals surface area contributed by atoms with Gasteiger partial charge in [-0.3, -0.25) is 4.79 Å². The van der Waals surface area contributed by atoms with Gasteiger partial charge in [-0.25, -0.2) is 18.0 Å². The van der Waals surface area contributed by atoms with Crippen LogP contribution in [0.5, 0.6) is 0 Å². The number of hydrogen-bond donors (Lipinski definition) is 1. The molecule has 0 unspecified atom stereocenters. The van der Waals surface area contributed by atoms with E-state index in [-0.39, 0.29) is 17.1 Å². The van der Waals surface area contributed by atoms with Crippen LogP contribution in [0.3, 0.4) is 0 Å². The molecule has 31 heavy (non-hydrogen) atoms. The summed E-state index contributed by atoms with van der Waals surface area (Å²) < 4.78 is 33.7. The number of anilines is 1. The van der Waals surface area contributed by atoms with Crippen molar-refractivity contribution in [1.82, 2.24) is 0 Å².